The number of hydrogen-bond donors (Lipinski definition) is 1. The van der Waals surface area contributed by atoms with Gasteiger partial charge < -0.3 is 5.11 Å². The topological polar surface area (TPSA) is 20.2 Å². The van der Waals surface area contributed by atoms with Gasteiger partial charge in [0.25, 0.3) is 0 Å². The summed E-state index contributed by atoms with van der Waals surface area (Å²) in [6.07, 6.45) is 4.08. The molecule has 0 radical (unpaired) electrons. The van der Waals surface area contributed by atoms with Crippen LogP contribution in [0.15, 0.2) is 24.3 Å². The van der Waals surface area contributed by atoms with Crippen LogP contribution >= 0.6 is 0 Å². The van der Waals surface area contributed by atoms with Crippen molar-refractivity contribution in [3.8, 4) is 0 Å². The summed E-state index contributed by atoms with van der Waals surface area (Å²) < 4.78 is 21.6. The highest BCUT2D eigenvalue weighted by molar-refractivity contribution is 5.14. The van der Waals surface area contributed by atoms with E-state index in [9.17, 15) is 5.11 Å². The maximum absolute atomic E-state index is 9.83. The lowest BCUT2D eigenvalue weighted by Gasteiger charge is -2.27. The van der Waals surface area contributed by atoms with E-state index in [0.717, 1.165) is 5.57 Å². The van der Waals surface area contributed by atoms with Crippen LogP contribution in [0.25, 0.3) is 0 Å². The molecular formula is C10H16O. The summed E-state index contributed by atoms with van der Waals surface area (Å²) in [5.74, 6) is 0.206. The van der Waals surface area contributed by atoms with E-state index < -0.39 is 12.5 Å². The van der Waals surface area contributed by atoms with Gasteiger partial charge in [-0.25, -0.2) is 0 Å². The minimum Gasteiger partial charge on any atom is -0.386 e. The van der Waals surface area contributed by atoms with E-state index >= 15 is 0 Å². The largest absolute Gasteiger partial charge is 0.386 e. The van der Waals surface area contributed by atoms with E-state index in [-0.39, 0.29) is 12.3 Å². The first-order chi connectivity index (χ1) is 6.26. The van der Waals surface area contributed by atoms with E-state index in [0.29, 0.717) is 6.42 Å². The van der Waals surface area contributed by atoms with Crippen LogP contribution in [-0.4, -0.2) is 10.7 Å². The monoisotopic (exact) mass is 155 g/mol. The molecule has 1 aliphatic carbocycles. The van der Waals surface area contributed by atoms with Gasteiger partial charge in [0.1, 0.15) is 0 Å². The molecule has 1 aliphatic rings. The Hall–Kier alpha value is -0.560. The van der Waals surface area contributed by atoms with Gasteiger partial charge in [0.2, 0.25) is 0 Å². The molecule has 2 atom stereocenters. The van der Waals surface area contributed by atoms with Crippen LogP contribution in [0.4, 0.5) is 0 Å². The Labute approximate surface area is 72.6 Å². The van der Waals surface area contributed by atoms with Gasteiger partial charge >= 0.3 is 0 Å². The third-order valence-corrected chi connectivity index (χ3v) is 2.07. The summed E-state index contributed by atoms with van der Waals surface area (Å²) in [7, 11) is 0. The molecule has 62 valence electrons. The first-order valence-corrected chi connectivity index (χ1v) is 3.83. The molecule has 0 spiro atoms. The van der Waals surface area contributed by atoms with Gasteiger partial charge in [-0.05, 0) is 32.5 Å². The maximum atomic E-state index is 9.83. The minimum absolute atomic E-state index is 0.206. The molecule has 2 unspecified atom stereocenters. The minimum atomic E-state index is -2.33. The molecule has 0 aromatic carbocycles. The molecule has 1 rings (SSSR count). The molecule has 0 aromatic rings. The zero-order valence-corrected chi connectivity index (χ0v) is 6.80. The summed E-state index contributed by atoms with van der Waals surface area (Å²) in [5, 5.41) is 9.83. The van der Waals surface area contributed by atoms with Crippen molar-refractivity contribution in [2.24, 2.45) is 5.92 Å². The van der Waals surface area contributed by atoms with Crippen molar-refractivity contribution in [3.63, 3.8) is 0 Å². The maximum Gasteiger partial charge on any atom is 0.0800 e. The van der Waals surface area contributed by atoms with Crippen molar-refractivity contribution in [3.05, 3.63) is 24.3 Å². The Morgan fingerprint density at radius 1 is 1.91 bits per heavy atom. The molecule has 0 amide bonds. The molecule has 0 saturated heterocycles. The lowest BCUT2D eigenvalue weighted by molar-refractivity contribution is 0.0903. The van der Waals surface area contributed by atoms with E-state index in [2.05, 4.69) is 6.58 Å². The number of allylic oxidation sites excluding steroid dienone is 2. The van der Waals surface area contributed by atoms with Gasteiger partial charge in [-0.3, -0.25) is 0 Å². The van der Waals surface area contributed by atoms with Crippen molar-refractivity contribution < 1.29 is 9.22 Å². The lowest BCUT2D eigenvalue weighted by atomic mass is 9.84. The van der Waals surface area contributed by atoms with Crippen LogP contribution in [0.1, 0.15) is 30.7 Å². The molecular weight excluding hydrogens is 136 g/mol. The van der Waals surface area contributed by atoms with Crippen molar-refractivity contribution in [2.75, 3.05) is 0 Å². The average molecular weight is 155 g/mol. The van der Waals surface area contributed by atoms with E-state index in [1.54, 1.807) is 6.08 Å². The predicted molar refractivity (Wildman–Crippen MR) is 47.3 cm³/mol. The molecule has 1 heteroatoms. The number of aliphatic hydroxyl groups is 1. The summed E-state index contributed by atoms with van der Waals surface area (Å²) in [4.78, 5) is 0. The highest BCUT2D eigenvalue weighted by atomic mass is 16.3. The molecule has 11 heavy (non-hydrogen) atoms. The Balaban J connectivity index is 2.82. The quantitative estimate of drug-likeness (QED) is 0.576. The third-order valence-electron chi connectivity index (χ3n) is 2.07. The van der Waals surface area contributed by atoms with Gasteiger partial charge in [-0.15, -0.1) is 0 Å². The highest BCUT2D eigenvalue weighted by Crippen LogP contribution is 2.28. The molecule has 1 nitrogen and oxygen atoms in total. The second-order valence-electron chi connectivity index (χ2n) is 3.27. The van der Waals surface area contributed by atoms with Gasteiger partial charge in [0.15, 0.2) is 0 Å². The first-order valence-electron chi connectivity index (χ1n) is 5.33. The summed E-state index contributed by atoms with van der Waals surface area (Å²) in [5.41, 5.74) is -0.632. The van der Waals surface area contributed by atoms with E-state index in [1.165, 1.54) is 6.08 Å². The summed E-state index contributed by atoms with van der Waals surface area (Å²) in [6.45, 7) is 3.40. The zero-order chi connectivity index (χ0) is 11.0. The highest BCUT2D eigenvalue weighted by Gasteiger charge is 2.23. The van der Waals surface area contributed by atoms with Crippen molar-refractivity contribution in [1.82, 2.24) is 0 Å². The second kappa shape index (κ2) is 2.82. The molecule has 0 aliphatic heterocycles. The van der Waals surface area contributed by atoms with Gasteiger partial charge in [-0.2, -0.15) is 0 Å². The van der Waals surface area contributed by atoms with Crippen LogP contribution in [0.3, 0.4) is 0 Å². The fourth-order valence-corrected chi connectivity index (χ4v) is 1.24. The fourth-order valence-electron chi connectivity index (χ4n) is 1.24. The van der Waals surface area contributed by atoms with E-state index in [1.807, 2.05) is 6.92 Å². The fraction of sp³-hybridized carbons (Fsp3) is 0.600. The molecule has 1 N–H and O–H groups in total. The van der Waals surface area contributed by atoms with Gasteiger partial charge in [0.05, 0.1) is 5.60 Å². The van der Waals surface area contributed by atoms with Gasteiger partial charge in [0, 0.05) is 4.11 Å². The molecule has 0 fully saturated rings. The van der Waals surface area contributed by atoms with Crippen LogP contribution < -0.4 is 0 Å². The summed E-state index contributed by atoms with van der Waals surface area (Å²) >= 11 is 0. The normalized spacial score (nSPS) is 42.4. The van der Waals surface area contributed by atoms with Crippen LogP contribution in [0.2, 0.25) is 0 Å². The Bertz CT molecular complexity index is 267. The van der Waals surface area contributed by atoms with Crippen LogP contribution in [-0.2, 0) is 0 Å². The Morgan fingerprint density at radius 2 is 2.64 bits per heavy atom. The molecule has 0 aromatic heterocycles. The predicted octanol–water partition coefficient (Wildman–Crippen LogP) is 2.28. The second-order valence-corrected chi connectivity index (χ2v) is 3.27. The van der Waals surface area contributed by atoms with Crippen molar-refractivity contribution >= 4 is 0 Å². The Morgan fingerprint density at radius 3 is 3.00 bits per heavy atom. The van der Waals surface area contributed by atoms with Crippen LogP contribution in [0.5, 0.6) is 0 Å². The smallest absolute Gasteiger partial charge is 0.0800 e. The first kappa shape index (κ1) is 5.15. The zero-order valence-electron chi connectivity index (χ0n) is 9.80. The van der Waals surface area contributed by atoms with Crippen molar-refractivity contribution in [2.45, 2.75) is 32.2 Å². The summed E-state index contributed by atoms with van der Waals surface area (Å²) in [6, 6.07) is 0. The SMILES string of the molecule is [2H]C([2H])([2H])C1(O)C=CC(C(=C)C)CC1. The standard InChI is InChI=1S/C10H16O/c1-8(2)9-4-6-10(3,11)7-5-9/h4,6,9,11H,1,5,7H2,2-3H3/i3D3. The number of rotatable bonds is 1. The van der Waals surface area contributed by atoms with Crippen molar-refractivity contribution in [1.29, 1.82) is 0 Å². The molecule has 0 saturated carbocycles. The van der Waals surface area contributed by atoms with E-state index in [4.69, 9.17) is 4.11 Å². The average Bonchev–Trinajstić information content (AvgIpc) is 2.03. The molecule has 0 bridgehead atoms. The molecule has 0 heterocycles. The van der Waals surface area contributed by atoms with Crippen LogP contribution in [0, 0.1) is 5.92 Å². The number of hydrogen-bond acceptors (Lipinski definition) is 1. The Kier molecular flexibility index (Phi) is 1.32. The third kappa shape index (κ3) is 2.19. The lowest BCUT2D eigenvalue weighted by Crippen LogP contribution is -2.25. The van der Waals surface area contributed by atoms with Gasteiger partial charge in [-0.1, -0.05) is 24.3 Å².